The Morgan fingerprint density at radius 3 is 2.50 bits per heavy atom. The van der Waals surface area contributed by atoms with E-state index in [1.165, 1.54) is 26.2 Å². The molecule has 2 bridgehead atoms. The van der Waals surface area contributed by atoms with Gasteiger partial charge in [0.1, 0.15) is 0 Å². The lowest BCUT2D eigenvalue weighted by molar-refractivity contribution is -0.177. The van der Waals surface area contributed by atoms with E-state index in [1.807, 2.05) is 0 Å². The predicted molar refractivity (Wildman–Crippen MR) is 69.9 cm³/mol. The minimum absolute atomic E-state index is 0.276. The largest absolute Gasteiger partial charge is 0.436 e. The Balaban J connectivity index is 1.91. The summed E-state index contributed by atoms with van der Waals surface area (Å²) in [6, 6.07) is 0. The summed E-state index contributed by atoms with van der Waals surface area (Å²) < 4.78 is 10.7. The Labute approximate surface area is 110 Å². The second-order valence-corrected chi connectivity index (χ2v) is 6.82. The summed E-state index contributed by atoms with van der Waals surface area (Å²) in [4.78, 5) is 10.8. The van der Waals surface area contributed by atoms with Gasteiger partial charge in [0, 0.05) is 6.92 Å². The van der Waals surface area contributed by atoms with E-state index in [0.29, 0.717) is 23.4 Å². The number of hydrogen-bond donors (Lipinski definition) is 0. The van der Waals surface area contributed by atoms with Crippen molar-refractivity contribution in [1.29, 1.82) is 0 Å². The highest BCUT2D eigenvalue weighted by Crippen LogP contribution is 2.68. The van der Waals surface area contributed by atoms with Crippen LogP contribution in [0.2, 0.25) is 0 Å². The van der Waals surface area contributed by atoms with E-state index >= 15 is 0 Å². The number of ether oxygens (including phenoxy) is 2. The zero-order valence-corrected chi connectivity index (χ0v) is 12.3. The fourth-order valence-electron chi connectivity index (χ4n) is 4.14. The molecule has 3 nitrogen and oxygen atoms in total. The van der Waals surface area contributed by atoms with Gasteiger partial charge in [0.25, 0.3) is 0 Å². The zero-order chi connectivity index (χ0) is 13.6. The Kier molecular flexibility index (Phi) is 3.48. The van der Waals surface area contributed by atoms with E-state index in [2.05, 4.69) is 20.8 Å². The Bertz CT molecular complexity index is 337. The smallest absolute Gasteiger partial charge is 0.304 e. The van der Waals surface area contributed by atoms with Gasteiger partial charge in [-0.1, -0.05) is 20.8 Å². The maximum atomic E-state index is 10.8. The molecule has 3 heteroatoms. The number of carbonyl (C=O) groups excluding carboxylic acids is 1. The highest BCUT2D eigenvalue weighted by atomic mass is 16.7. The molecule has 0 N–H and O–H groups in total. The molecular formula is C15H26O3. The van der Waals surface area contributed by atoms with Crippen molar-refractivity contribution in [3.05, 3.63) is 0 Å². The normalized spacial score (nSPS) is 38.7. The van der Waals surface area contributed by atoms with Crippen molar-refractivity contribution >= 4 is 5.97 Å². The summed E-state index contributed by atoms with van der Waals surface area (Å²) in [5, 5.41) is 0. The highest BCUT2D eigenvalue weighted by molar-refractivity contribution is 5.65. The van der Waals surface area contributed by atoms with Crippen LogP contribution in [0.15, 0.2) is 0 Å². The molecule has 2 rings (SSSR count). The van der Waals surface area contributed by atoms with Crippen LogP contribution in [-0.2, 0) is 14.3 Å². The van der Waals surface area contributed by atoms with Crippen molar-refractivity contribution in [3.8, 4) is 0 Å². The lowest BCUT2D eigenvalue weighted by Crippen LogP contribution is -2.35. The summed E-state index contributed by atoms with van der Waals surface area (Å²) in [5.41, 5.74) is 0.805. The Morgan fingerprint density at radius 2 is 2.06 bits per heavy atom. The van der Waals surface area contributed by atoms with Crippen molar-refractivity contribution in [2.45, 2.75) is 60.2 Å². The molecule has 2 aliphatic rings. The Morgan fingerprint density at radius 1 is 1.39 bits per heavy atom. The first-order valence-electron chi connectivity index (χ1n) is 7.06. The molecule has 0 saturated heterocycles. The van der Waals surface area contributed by atoms with Gasteiger partial charge >= 0.3 is 5.97 Å². The van der Waals surface area contributed by atoms with Gasteiger partial charge in [-0.25, -0.2) is 0 Å². The lowest BCUT2D eigenvalue weighted by Gasteiger charge is -2.39. The average Bonchev–Trinajstić information content (AvgIpc) is 2.57. The first-order chi connectivity index (χ1) is 8.27. The maximum Gasteiger partial charge on any atom is 0.304 e. The van der Waals surface area contributed by atoms with Gasteiger partial charge < -0.3 is 9.47 Å². The number of rotatable bonds is 4. The van der Waals surface area contributed by atoms with Crippen LogP contribution in [0.25, 0.3) is 0 Å². The van der Waals surface area contributed by atoms with Crippen LogP contribution in [0.4, 0.5) is 0 Å². The third-order valence-electron chi connectivity index (χ3n) is 5.84. The molecule has 0 radical (unpaired) electrons. The molecule has 0 aromatic carbocycles. The molecule has 0 spiro atoms. The van der Waals surface area contributed by atoms with E-state index in [-0.39, 0.29) is 5.97 Å². The second kappa shape index (κ2) is 4.52. The minimum Gasteiger partial charge on any atom is -0.436 e. The standard InChI is InChI=1S/C15H26O3/c1-10(16)18-11(2)17-9-13-8-12-6-7-15(13,5)14(12,3)4/h11-13H,6-9H2,1-5H3. The predicted octanol–water partition coefficient (Wildman–Crippen LogP) is 3.37. The average molecular weight is 254 g/mol. The summed E-state index contributed by atoms with van der Waals surface area (Å²) in [7, 11) is 0. The summed E-state index contributed by atoms with van der Waals surface area (Å²) in [6.07, 6.45) is 3.50. The van der Waals surface area contributed by atoms with Gasteiger partial charge in [0.2, 0.25) is 0 Å². The molecular weight excluding hydrogens is 228 g/mol. The lowest BCUT2D eigenvalue weighted by atomic mass is 9.67. The zero-order valence-electron chi connectivity index (χ0n) is 12.3. The molecule has 0 aromatic heterocycles. The van der Waals surface area contributed by atoms with Gasteiger partial charge in [-0.2, -0.15) is 0 Å². The third-order valence-corrected chi connectivity index (χ3v) is 5.84. The van der Waals surface area contributed by atoms with Crippen molar-refractivity contribution in [1.82, 2.24) is 0 Å². The van der Waals surface area contributed by atoms with E-state index in [4.69, 9.17) is 9.47 Å². The van der Waals surface area contributed by atoms with E-state index in [1.54, 1.807) is 6.92 Å². The minimum atomic E-state index is -0.423. The van der Waals surface area contributed by atoms with Crippen molar-refractivity contribution in [2.75, 3.05) is 6.61 Å². The first-order valence-corrected chi connectivity index (χ1v) is 7.06. The van der Waals surface area contributed by atoms with Crippen LogP contribution < -0.4 is 0 Å². The van der Waals surface area contributed by atoms with Crippen LogP contribution in [0.1, 0.15) is 53.9 Å². The number of esters is 1. The van der Waals surface area contributed by atoms with Gasteiger partial charge in [0.15, 0.2) is 6.29 Å². The topological polar surface area (TPSA) is 35.5 Å². The Hall–Kier alpha value is -0.570. The molecule has 0 aromatic rings. The van der Waals surface area contributed by atoms with Crippen LogP contribution >= 0.6 is 0 Å². The van der Waals surface area contributed by atoms with Crippen molar-refractivity contribution < 1.29 is 14.3 Å². The number of hydrogen-bond acceptors (Lipinski definition) is 3. The molecule has 104 valence electrons. The SMILES string of the molecule is CC(=O)OC(C)OCC1CC2CCC1(C)C2(C)C. The van der Waals surface area contributed by atoms with Crippen LogP contribution in [0.5, 0.6) is 0 Å². The molecule has 0 amide bonds. The summed E-state index contributed by atoms with van der Waals surface area (Å²) in [6.45, 7) is 11.1. The molecule has 2 fully saturated rings. The van der Waals surface area contributed by atoms with Crippen molar-refractivity contribution in [2.24, 2.45) is 22.7 Å². The molecule has 18 heavy (non-hydrogen) atoms. The van der Waals surface area contributed by atoms with Gasteiger partial charge in [-0.3, -0.25) is 4.79 Å². The van der Waals surface area contributed by atoms with E-state index < -0.39 is 6.29 Å². The van der Waals surface area contributed by atoms with Gasteiger partial charge in [0.05, 0.1) is 6.61 Å². The number of carbonyl (C=O) groups is 1. The maximum absolute atomic E-state index is 10.8. The first kappa shape index (κ1) is 13.9. The molecule has 2 saturated carbocycles. The second-order valence-electron chi connectivity index (χ2n) is 6.82. The van der Waals surface area contributed by atoms with E-state index in [0.717, 1.165) is 5.92 Å². The summed E-state index contributed by atoms with van der Waals surface area (Å²) in [5.74, 6) is 1.16. The van der Waals surface area contributed by atoms with Crippen LogP contribution in [-0.4, -0.2) is 18.9 Å². The fourth-order valence-corrected chi connectivity index (χ4v) is 4.14. The van der Waals surface area contributed by atoms with Crippen molar-refractivity contribution in [3.63, 3.8) is 0 Å². The monoisotopic (exact) mass is 254 g/mol. The van der Waals surface area contributed by atoms with E-state index in [9.17, 15) is 4.79 Å². The molecule has 0 heterocycles. The molecule has 4 atom stereocenters. The quantitative estimate of drug-likeness (QED) is 0.570. The molecule has 2 aliphatic carbocycles. The summed E-state index contributed by atoms with van der Waals surface area (Å²) >= 11 is 0. The van der Waals surface area contributed by atoms with Crippen LogP contribution in [0.3, 0.4) is 0 Å². The van der Waals surface area contributed by atoms with Gasteiger partial charge in [-0.05, 0) is 48.9 Å². The molecule has 4 unspecified atom stereocenters. The highest BCUT2D eigenvalue weighted by Gasteiger charge is 2.61. The molecule has 0 aliphatic heterocycles. The third kappa shape index (κ3) is 2.07. The van der Waals surface area contributed by atoms with Gasteiger partial charge in [-0.15, -0.1) is 0 Å². The number of fused-ring (bicyclic) bond motifs is 2. The van der Waals surface area contributed by atoms with Crippen LogP contribution in [0, 0.1) is 22.7 Å². The fraction of sp³-hybridized carbons (Fsp3) is 0.933.